The number of hydrogen-bond donors (Lipinski definition) is 0. The minimum absolute atomic E-state index is 0.745. The third-order valence-electron chi connectivity index (χ3n) is 5.45. The first-order chi connectivity index (χ1) is 16.2. The molecule has 0 atom stereocenters. The monoisotopic (exact) mass is 565 g/mol. The fraction of sp³-hybridized carbons (Fsp3) is 0.167. The summed E-state index contributed by atoms with van der Waals surface area (Å²) in [7, 11) is 0. The van der Waals surface area contributed by atoms with Crippen LogP contribution < -0.4 is 0 Å². The van der Waals surface area contributed by atoms with Gasteiger partial charge in [-0.3, -0.25) is 0 Å². The first kappa shape index (κ1) is 23.7. The summed E-state index contributed by atoms with van der Waals surface area (Å²) in [5, 5.41) is 0.745. The molecule has 33 heavy (non-hydrogen) atoms. The Balaban J connectivity index is 1.88. The number of alkyl halides is 1. The second-order valence-corrected chi connectivity index (χ2v) is 13.7. The van der Waals surface area contributed by atoms with E-state index in [-0.39, 0.29) is 0 Å². The Bertz CT molecular complexity index is 1210. The van der Waals surface area contributed by atoms with Crippen LogP contribution in [0, 0.1) is 0 Å². The molecule has 0 amide bonds. The van der Waals surface area contributed by atoms with Gasteiger partial charge in [0.2, 0.25) is 0 Å². The molecule has 1 heterocycles. The van der Waals surface area contributed by atoms with E-state index in [1.54, 1.807) is 0 Å². The van der Waals surface area contributed by atoms with Gasteiger partial charge in [-0.15, -0.1) is 0 Å². The van der Waals surface area contributed by atoms with Gasteiger partial charge in [-0.2, -0.15) is 0 Å². The Hall–Kier alpha value is -2.43. The van der Waals surface area contributed by atoms with Crippen molar-refractivity contribution in [2.75, 3.05) is 4.43 Å². The standard InChI is InChI=1S/C30H29ClIN/c1-3-5-19-29(25-17-12-18-27(31)20-25)33-30-28(24-15-10-7-11-16-24)21-26(22-32(30)4-2)23-13-8-6-9-14-23/h6-22H,3-5H2,1-2H3/b29-19+,33-30?. The van der Waals surface area contributed by atoms with Gasteiger partial charge in [-0.25, -0.2) is 0 Å². The number of unbranched alkanes of at least 4 members (excludes halogenated alkanes) is 1. The van der Waals surface area contributed by atoms with Gasteiger partial charge in [0.15, 0.2) is 0 Å². The van der Waals surface area contributed by atoms with Crippen LogP contribution in [-0.2, 0) is 0 Å². The van der Waals surface area contributed by atoms with Crippen molar-refractivity contribution in [3.63, 3.8) is 0 Å². The van der Waals surface area contributed by atoms with Crippen molar-refractivity contribution in [2.24, 2.45) is 4.99 Å². The Morgan fingerprint density at radius 2 is 1.58 bits per heavy atom. The zero-order valence-electron chi connectivity index (χ0n) is 19.1. The van der Waals surface area contributed by atoms with Gasteiger partial charge in [0.05, 0.1) is 0 Å². The molecule has 168 valence electrons. The van der Waals surface area contributed by atoms with Gasteiger partial charge in [-0.05, 0) is 0 Å². The molecule has 1 aliphatic rings. The van der Waals surface area contributed by atoms with Gasteiger partial charge in [0.1, 0.15) is 0 Å². The number of rotatable bonds is 7. The predicted octanol–water partition coefficient (Wildman–Crippen LogP) is 9.54. The van der Waals surface area contributed by atoms with E-state index < -0.39 is 19.8 Å². The van der Waals surface area contributed by atoms with E-state index in [1.807, 2.05) is 18.2 Å². The molecule has 0 bridgehead atoms. The second kappa shape index (κ2) is 11.6. The summed E-state index contributed by atoms with van der Waals surface area (Å²) in [5.74, 6) is 0. The Morgan fingerprint density at radius 1 is 0.879 bits per heavy atom. The van der Waals surface area contributed by atoms with Gasteiger partial charge in [0, 0.05) is 0 Å². The molecule has 0 unspecified atom stereocenters. The van der Waals surface area contributed by atoms with Crippen LogP contribution in [0.25, 0.3) is 16.8 Å². The van der Waals surface area contributed by atoms with Crippen LogP contribution in [0.15, 0.2) is 106 Å². The number of aliphatic imine (C=N–C) groups is 1. The van der Waals surface area contributed by atoms with E-state index in [1.165, 1.54) is 26.0 Å². The van der Waals surface area contributed by atoms with Gasteiger partial charge >= 0.3 is 211 Å². The van der Waals surface area contributed by atoms with E-state index in [9.17, 15) is 0 Å². The molecule has 0 radical (unpaired) electrons. The third-order valence-corrected chi connectivity index (χ3v) is 10.9. The van der Waals surface area contributed by atoms with Crippen LogP contribution in [0.1, 0.15) is 43.4 Å². The van der Waals surface area contributed by atoms with E-state index >= 15 is 0 Å². The molecule has 4 rings (SSSR count). The summed E-state index contributed by atoms with van der Waals surface area (Å²) in [5.41, 5.74) is 7.20. The normalized spacial score (nSPS) is 16.5. The van der Waals surface area contributed by atoms with Crippen LogP contribution in [0.4, 0.5) is 0 Å². The van der Waals surface area contributed by atoms with Gasteiger partial charge in [-0.1, -0.05) is 0 Å². The van der Waals surface area contributed by atoms with Gasteiger partial charge in [0.25, 0.3) is 0 Å². The fourth-order valence-corrected chi connectivity index (χ4v) is 8.53. The molecule has 3 heteroatoms. The van der Waals surface area contributed by atoms with Gasteiger partial charge < -0.3 is 0 Å². The van der Waals surface area contributed by atoms with Crippen molar-refractivity contribution in [1.82, 2.24) is 0 Å². The van der Waals surface area contributed by atoms with Crippen molar-refractivity contribution < 1.29 is 0 Å². The number of nitrogens with zero attached hydrogens (tertiary/aromatic N) is 1. The van der Waals surface area contributed by atoms with Crippen LogP contribution in [-0.4, -0.2) is 8.15 Å². The van der Waals surface area contributed by atoms with Crippen molar-refractivity contribution in [3.8, 4) is 0 Å². The van der Waals surface area contributed by atoms with E-state index in [0.717, 1.165) is 33.6 Å². The summed E-state index contributed by atoms with van der Waals surface area (Å²) in [6, 6.07) is 29.5. The zero-order valence-corrected chi connectivity index (χ0v) is 22.1. The SMILES string of the molecule is CCC/C=C(/N=C1C(c2ccccc2)=CC(c2ccccc2)=CI1CC)c1cccc(Cl)c1. The molecule has 0 saturated carbocycles. The quantitative estimate of drug-likeness (QED) is 0.200. The van der Waals surface area contributed by atoms with Crippen LogP contribution in [0.3, 0.4) is 0 Å². The van der Waals surface area contributed by atoms with Crippen LogP contribution >= 0.6 is 31.4 Å². The Labute approximate surface area is 210 Å². The average Bonchev–Trinajstić information content (AvgIpc) is 2.87. The first-order valence-corrected chi connectivity index (χ1v) is 15.7. The molecule has 0 spiro atoms. The van der Waals surface area contributed by atoms with E-state index in [4.69, 9.17) is 16.6 Å². The zero-order chi connectivity index (χ0) is 23.0. The summed E-state index contributed by atoms with van der Waals surface area (Å²) < 4.78 is 4.94. The molecule has 0 saturated heterocycles. The van der Waals surface area contributed by atoms with Crippen LogP contribution in [0.2, 0.25) is 5.02 Å². The summed E-state index contributed by atoms with van der Waals surface area (Å²) in [6.07, 6.45) is 6.68. The molecular weight excluding hydrogens is 537 g/mol. The van der Waals surface area contributed by atoms with Crippen LogP contribution in [0.5, 0.6) is 0 Å². The minimum atomic E-state index is -1.67. The summed E-state index contributed by atoms with van der Waals surface area (Å²) >= 11 is 4.68. The molecule has 0 fully saturated rings. The second-order valence-electron chi connectivity index (χ2n) is 7.81. The number of hydrogen-bond acceptors (Lipinski definition) is 1. The molecule has 3 aromatic rings. The Kier molecular flexibility index (Phi) is 8.35. The van der Waals surface area contributed by atoms with E-state index in [2.05, 4.69) is 96.8 Å². The fourth-order valence-electron chi connectivity index (χ4n) is 3.75. The van der Waals surface area contributed by atoms with E-state index in [0.29, 0.717) is 0 Å². The third kappa shape index (κ3) is 5.93. The molecular formula is C30H29ClIN. The van der Waals surface area contributed by atoms with Crippen molar-refractivity contribution in [2.45, 2.75) is 26.7 Å². The molecule has 1 aliphatic heterocycles. The molecule has 0 N–H and O–H groups in total. The number of benzene rings is 3. The average molecular weight is 566 g/mol. The predicted molar refractivity (Wildman–Crippen MR) is 155 cm³/mol. The molecule has 3 aromatic carbocycles. The maximum atomic E-state index is 6.35. The first-order valence-electron chi connectivity index (χ1n) is 11.4. The number of halogens is 2. The molecule has 1 nitrogen and oxygen atoms in total. The number of allylic oxidation sites excluding steroid dienone is 4. The van der Waals surface area contributed by atoms with Crippen molar-refractivity contribution >= 4 is 52.0 Å². The summed E-state index contributed by atoms with van der Waals surface area (Å²) in [4.78, 5) is 5.40. The topological polar surface area (TPSA) is 12.4 Å². The molecule has 0 aliphatic carbocycles. The maximum absolute atomic E-state index is 6.35. The molecule has 0 aromatic heterocycles. The van der Waals surface area contributed by atoms with Crippen molar-refractivity contribution in [3.05, 3.63) is 123 Å². The Morgan fingerprint density at radius 3 is 2.21 bits per heavy atom. The van der Waals surface area contributed by atoms with Crippen molar-refractivity contribution in [1.29, 1.82) is 0 Å². The summed E-state index contributed by atoms with van der Waals surface area (Å²) in [6.45, 7) is 4.51.